The molecule has 0 radical (unpaired) electrons. The van der Waals surface area contributed by atoms with Crippen molar-refractivity contribution in [1.82, 2.24) is 4.98 Å². The molecule has 0 aliphatic carbocycles. The van der Waals surface area contributed by atoms with Crippen LogP contribution >= 0.6 is 0 Å². The molecule has 0 saturated carbocycles. The lowest BCUT2D eigenvalue weighted by Gasteiger charge is -2.10. The molecular weight excluding hydrogens is 322 g/mol. The van der Waals surface area contributed by atoms with E-state index in [2.05, 4.69) is 15.6 Å². The molecule has 7 nitrogen and oxygen atoms in total. The number of para-hydroxylation sites is 1. The van der Waals surface area contributed by atoms with Crippen LogP contribution < -0.4 is 10.6 Å². The molecule has 0 bridgehead atoms. The molecular formula is C18H21N3O4. The minimum Gasteiger partial charge on any atom is -0.465 e. The fourth-order valence-corrected chi connectivity index (χ4v) is 2.18. The maximum Gasteiger partial charge on any atom is 0.339 e. The second kappa shape index (κ2) is 9.39. The third-order valence-electron chi connectivity index (χ3n) is 3.43. The maximum atomic E-state index is 12.5. The molecule has 1 amide bonds. The summed E-state index contributed by atoms with van der Waals surface area (Å²) in [5, 5.41) is 5.86. The molecule has 2 aromatic rings. The van der Waals surface area contributed by atoms with Gasteiger partial charge in [0.25, 0.3) is 5.91 Å². The molecule has 1 aromatic heterocycles. The van der Waals surface area contributed by atoms with Gasteiger partial charge in [-0.25, -0.2) is 9.78 Å². The Hall–Kier alpha value is -2.93. The van der Waals surface area contributed by atoms with E-state index in [0.29, 0.717) is 35.8 Å². The summed E-state index contributed by atoms with van der Waals surface area (Å²) < 4.78 is 9.71. The van der Waals surface area contributed by atoms with E-state index in [4.69, 9.17) is 9.47 Å². The smallest absolute Gasteiger partial charge is 0.339 e. The number of carbonyl (C=O) groups excluding carboxylic acids is 2. The zero-order valence-electron chi connectivity index (χ0n) is 14.2. The molecule has 2 rings (SSSR count). The number of hydrogen-bond donors (Lipinski definition) is 2. The van der Waals surface area contributed by atoms with Crippen molar-refractivity contribution < 1.29 is 19.1 Å². The van der Waals surface area contributed by atoms with Crippen LogP contribution in [0.5, 0.6) is 0 Å². The summed E-state index contributed by atoms with van der Waals surface area (Å²) in [5.41, 5.74) is 1.12. The minimum atomic E-state index is -0.508. The van der Waals surface area contributed by atoms with Crippen LogP contribution in [0.2, 0.25) is 0 Å². The summed E-state index contributed by atoms with van der Waals surface area (Å²) in [6.07, 6.45) is 2.39. The van der Waals surface area contributed by atoms with E-state index in [-0.39, 0.29) is 5.91 Å². The Balaban J connectivity index is 2.08. The molecule has 1 aromatic carbocycles. The number of ether oxygens (including phenoxy) is 2. The Morgan fingerprint density at radius 3 is 2.72 bits per heavy atom. The lowest BCUT2D eigenvalue weighted by Crippen LogP contribution is -2.16. The van der Waals surface area contributed by atoms with Crippen LogP contribution in [-0.2, 0) is 9.47 Å². The van der Waals surface area contributed by atoms with Crippen LogP contribution in [0.4, 0.5) is 11.5 Å². The Bertz CT molecular complexity index is 734. The largest absolute Gasteiger partial charge is 0.465 e. The number of carbonyl (C=O) groups is 2. The Morgan fingerprint density at radius 1 is 1.16 bits per heavy atom. The molecule has 2 N–H and O–H groups in total. The first-order chi connectivity index (χ1) is 12.2. The predicted molar refractivity (Wildman–Crippen MR) is 95.0 cm³/mol. The zero-order valence-corrected chi connectivity index (χ0v) is 14.2. The average Bonchev–Trinajstić information content (AvgIpc) is 2.65. The number of aromatic nitrogens is 1. The third kappa shape index (κ3) is 5.29. The van der Waals surface area contributed by atoms with Crippen LogP contribution in [0, 0.1) is 0 Å². The molecule has 0 spiro atoms. The topological polar surface area (TPSA) is 89.6 Å². The lowest BCUT2D eigenvalue weighted by molar-refractivity contribution is 0.0602. The molecule has 0 aliphatic rings. The van der Waals surface area contributed by atoms with Crippen molar-refractivity contribution in [3.8, 4) is 0 Å². The molecule has 25 heavy (non-hydrogen) atoms. The second-order valence-corrected chi connectivity index (χ2v) is 5.19. The van der Waals surface area contributed by atoms with Crippen molar-refractivity contribution in [1.29, 1.82) is 0 Å². The summed E-state index contributed by atoms with van der Waals surface area (Å²) in [4.78, 5) is 28.4. The van der Waals surface area contributed by atoms with Gasteiger partial charge < -0.3 is 20.1 Å². The first-order valence-electron chi connectivity index (χ1n) is 7.83. The van der Waals surface area contributed by atoms with Crippen molar-refractivity contribution in [2.45, 2.75) is 6.42 Å². The second-order valence-electron chi connectivity index (χ2n) is 5.19. The minimum absolute atomic E-state index is 0.297. The SMILES string of the molecule is COCCCNc1cc(C(=O)Nc2ccccc2C(=O)OC)ccn1. The van der Waals surface area contributed by atoms with Crippen molar-refractivity contribution >= 4 is 23.4 Å². The molecule has 132 valence electrons. The summed E-state index contributed by atoms with van der Waals surface area (Å²) in [5.74, 6) is -0.241. The van der Waals surface area contributed by atoms with Crippen LogP contribution in [0.1, 0.15) is 27.1 Å². The fourth-order valence-electron chi connectivity index (χ4n) is 2.18. The summed E-state index contributed by atoms with van der Waals surface area (Å²) >= 11 is 0. The summed E-state index contributed by atoms with van der Waals surface area (Å²) in [6.45, 7) is 1.34. The van der Waals surface area contributed by atoms with E-state index >= 15 is 0 Å². The van der Waals surface area contributed by atoms with E-state index in [1.54, 1.807) is 49.7 Å². The van der Waals surface area contributed by atoms with E-state index in [9.17, 15) is 9.59 Å². The fraction of sp³-hybridized carbons (Fsp3) is 0.278. The number of hydrogen-bond acceptors (Lipinski definition) is 6. The predicted octanol–water partition coefficient (Wildman–Crippen LogP) is 2.57. The standard InChI is InChI=1S/C18H21N3O4/c1-24-11-5-9-19-16-12-13(8-10-20-16)17(22)21-15-7-4-3-6-14(15)18(23)25-2/h3-4,6-8,10,12H,5,9,11H2,1-2H3,(H,19,20)(H,21,22). The maximum absolute atomic E-state index is 12.5. The quantitative estimate of drug-likeness (QED) is 0.566. The molecule has 0 fully saturated rings. The number of nitrogens with zero attached hydrogens (tertiary/aromatic N) is 1. The molecule has 0 atom stereocenters. The van der Waals surface area contributed by atoms with E-state index in [0.717, 1.165) is 6.42 Å². The van der Waals surface area contributed by atoms with Crippen molar-refractivity contribution in [3.05, 3.63) is 53.7 Å². The van der Waals surface area contributed by atoms with Gasteiger partial charge in [-0.2, -0.15) is 0 Å². The number of benzene rings is 1. The normalized spacial score (nSPS) is 10.2. The highest BCUT2D eigenvalue weighted by Crippen LogP contribution is 2.17. The van der Waals surface area contributed by atoms with E-state index < -0.39 is 5.97 Å². The van der Waals surface area contributed by atoms with E-state index in [1.807, 2.05) is 0 Å². The number of pyridine rings is 1. The number of esters is 1. The Morgan fingerprint density at radius 2 is 1.96 bits per heavy atom. The molecule has 0 saturated heterocycles. The van der Waals surface area contributed by atoms with Crippen LogP contribution in [0.15, 0.2) is 42.6 Å². The molecule has 0 aliphatic heterocycles. The third-order valence-corrected chi connectivity index (χ3v) is 3.43. The van der Waals surface area contributed by atoms with Crippen LogP contribution in [-0.4, -0.2) is 44.2 Å². The van der Waals surface area contributed by atoms with Gasteiger partial charge in [-0.15, -0.1) is 0 Å². The first-order valence-corrected chi connectivity index (χ1v) is 7.83. The number of methoxy groups -OCH3 is 2. The van der Waals surface area contributed by atoms with Crippen LogP contribution in [0.25, 0.3) is 0 Å². The highest BCUT2D eigenvalue weighted by atomic mass is 16.5. The average molecular weight is 343 g/mol. The zero-order chi connectivity index (χ0) is 18.1. The molecule has 1 heterocycles. The van der Waals surface area contributed by atoms with E-state index in [1.165, 1.54) is 7.11 Å². The number of anilines is 2. The van der Waals surface area contributed by atoms with Crippen molar-refractivity contribution in [2.75, 3.05) is 38.0 Å². The lowest BCUT2D eigenvalue weighted by atomic mass is 10.1. The molecule has 0 unspecified atom stereocenters. The van der Waals surface area contributed by atoms with Crippen molar-refractivity contribution in [3.63, 3.8) is 0 Å². The van der Waals surface area contributed by atoms with Gasteiger partial charge in [0.05, 0.1) is 18.4 Å². The van der Waals surface area contributed by atoms with Crippen LogP contribution in [0.3, 0.4) is 0 Å². The summed E-state index contributed by atoms with van der Waals surface area (Å²) in [6, 6.07) is 9.94. The van der Waals surface area contributed by atoms with Gasteiger partial charge in [0.15, 0.2) is 0 Å². The Labute approximate surface area is 146 Å². The molecule has 7 heteroatoms. The van der Waals surface area contributed by atoms with Gasteiger partial charge in [0, 0.05) is 32.0 Å². The summed E-state index contributed by atoms with van der Waals surface area (Å²) in [7, 11) is 2.95. The number of rotatable bonds is 8. The van der Waals surface area contributed by atoms with Gasteiger partial charge >= 0.3 is 5.97 Å². The number of amides is 1. The number of nitrogens with one attached hydrogen (secondary N) is 2. The van der Waals surface area contributed by atoms with Gasteiger partial charge in [-0.05, 0) is 30.7 Å². The Kier molecular flexibility index (Phi) is 6.91. The highest BCUT2D eigenvalue weighted by molar-refractivity contribution is 6.08. The van der Waals surface area contributed by atoms with Gasteiger partial charge in [-0.1, -0.05) is 12.1 Å². The highest BCUT2D eigenvalue weighted by Gasteiger charge is 2.14. The first kappa shape index (κ1) is 18.4. The monoisotopic (exact) mass is 343 g/mol. The van der Waals surface area contributed by atoms with Gasteiger partial charge in [0.1, 0.15) is 5.82 Å². The van der Waals surface area contributed by atoms with Gasteiger partial charge in [0.2, 0.25) is 0 Å². The van der Waals surface area contributed by atoms with Crippen molar-refractivity contribution in [2.24, 2.45) is 0 Å². The van der Waals surface area contributed by atoms with Gasteiger partial charge in [-0.3, -0.25) is 4.79 Å².